The van der Waals surface area contributed by atoms with Gasteiger partial charge in [0.1, 0.15) is 11.6 Å². The maximum atomic E-state index is 14.7. The lowest BCUT2D eigenvalue weighted by atomic mass is 10.1. The van der Waals surface area contributed by atoms with Crippen LogP contribution in [0.3, 0.4) is 0 Å². The number of hydrogen-bond donors (Lipinski definition) is 2. The molecule has 0 saturated heterocycles. The first-order chi connectivity index (χ1) is 13.9. The van der Waals surface area contributed by atoms with Crippen molar-refractivity contribution in [2.75, 3.05) is 26.2 Å². The van der Waals surface area contributed by atoms with Crippen molar-refractivity contribution in [2.24, 2.45) is 0 Å². The molecule has 2 aromatic carbocycles. The molecule has 2 N–H and O–H groups in total. The fraction of sp³-hybridized carbons (Fsp3) is 0.333. The van der Waals surface area contributed by atoms with E-state index in [1.54, 1.807) is 24.3 Å². The zero-order chi connectivity index (χ0) is 21.0. The minimum atomic E-state index is -0.531. The lowest BCUT2D eigenvalue weighted by molar-refractivity contribution is 0.0951. The number of aromatic nitrogens is 2. The number of fused-ring (bicyclic) bond motifs is 1. The third-order valence-electron chi connectivity index (χ3n) is 4.84. The summed E-state index contributed by atoms with van der Waals surface area (Å²) in [6.07, 6.45) is 0.845. The highest BCUT2D eigenvalue weighted by atomic mass is 35.5. The second-order valence-corrected chi connectivity index (χ2v) is 7.51. The van der Waals surface area contributed by atoms with E-state index in [0.29, 0.717) is 33.4 Å². The molecule has 0 saturated carbocycles. The third kappa shape index (κ3) is 5.07. The summed E-state index contributed by atoms with van der Waals surface area (Å²) in [5.41, 5.74) is 1.79. The average Bonchev–Trinajstić information content (AvgIpc) is 3.10. The number of rotatable bonds is 8. The highest BCUT2D eigenvalue weighted by Crippen LogP contribution is 2.29. The molecule has 1 amide bonds. The molecule has 0 aliphatic rings. The highest BCUT2D eigenvalue weighted by molar-refractivity contribution is 6.42. The van der Waals surface area contributed by atoms with Gasteiger partial charge in [-0.25, -0.2) is 9.37 Å². The molecule has 3 aromatic rings. The van der Waals surface area contributed by atoms with Crippen molar-refractivity contribution in [1.82, 2.24) is 20.2 Å². The van der Waals surface area contributed by atoms with Gasteiger partial charge in [-0.1, -0.05) is 37.0 Å². The highest BCUT2D eigenvalue weighted by Gasteiger charge is 2.14. The van der Waals surface area contributed by atoms with Gasteiger partial charge >= 0.3 is 0 Å². The summed E-state index contributed by atoms with van der Waals surface area (Å²) in [6, 6.07) is 7.62. The fourth-order valence-corrected chi connectivity index (χ4v) is 3.45. The van der Waals surface area contributed by atoms with Gasteiger partial charge in [0.05, 0.1) is 26.6 Å². The Morgan fingerprint density at radius 1 is 1.17 bits per heavy atom. The number of aromatic amines is 1. The van der Waals surface area contributed by atoms with Crippen LogP contribution >= 0.6 is 23.2 Å². The smallest absolute Gasteiger partial charge is 0.251 e. The minimum absolute atomic E-state index is 0.270. The van der Waals surface area contributed by atoms with Crippen molar-refractivity contribution in [3.8, 4) is 11.4 Å². The second kappa shape index (κ2) is 9.57. The molecule has 29 heavy (non-hydrogen) atoms. The molecule has 8 heteroatoms. The summed E-state index contributed by atoms with van der Waals surface area (Å²) in [5.74, 6) is -0.475. The van der Waals surface area contributed by atoms with E-state index in [4.69, 9.17) is 23.2 Å². The monoisotopic (exact) mass is 436 g/mol. The van der Waals surface area contributed by atoms with Crippen LogP contribution in [0.5, 0.6) is 0 Å². The van der Waals surface area contributed by atoms with Crippen LogP contribution in [-0.4, -0.2) is 47.0 Å². The van der Waals surface area contributed by atoms with E-state index in [0.717, 1.165) is 26.1 Å². The van der Waals surface area contributed by atoms with Crippen LogP contribution in [0, 0.1) is 5.82 Å². The number of hydrogen-bond acceptors (Lipinski definition) is 3. The summed E-state index contributed by atoms with van der Waals surface area (Å²) in [4.78, 5) is 22.0. The van der Waals surface area contributed by atoms with Crippen LogP contribution in [0.25, 0.3) is 22.4 Å². The molecule has 0 atom stereocenters. The summed E-state index contributed by atoms with van der Waals surface area (Å²) >= 11 is 12.0. The fourth-order valence-electron chi connectivity index (χ4n) is 3.13. The number of nitrogens with zero attached hydrogens (tertiary/aromatic N) is 2. The molecule has 0 spiro atoms. The van der Waals surface area contributed by atoms with E-state index >= 15 is 0 Å². The van der Waals surface area contributed by atoms with E-state index in [2.05, 4.69) is 34.0 Å². The van der Waals surface area contributed by atoms with Crippen LogP contribution in [0.15, 0.2) is 30.3 Å². The van der Waals surface area contributed by atoms with Gasteiger partial charge in [-0.05, 0) is 56.4 Å². The molecular weight excluding hydrogens is 414 g/mol. The quantitative estimate of drug-likeness (QED) is 0.480. The second-order valence-electron chi connectivity index (χ2n) is 6.70. The molecule has 0 aliphatic carbocycles. The minimum Gasteiger partial charge on any atom is -0.352 e. The van der Waals surface area contributed by atoms with Gasteiger partial charge in [0.25, 0.3) is 5.91 Å². The Bertz CT molecular complexity index is 978. The van der Waals surface area contributed by atoms with Crippen LogP contribution in [0.4, 0.5) is 4.39 Å². The van der Waals surface area contributed by atoms with E-state index in [1.165, 1.54) is 6.07 Å². The van der Waals surface area contributed by atoms with Crippen LogP contribution in [0.1, 0.15) is 30.6 Å². The molecule has 1 heterocycles. The molecule has 0 aliphatic heterocycles. The van der Waals surface area contributed by atoms with E-state index in [9.17, 15) is 9.18 Å². The van der Waals surface area contributed by atoms with Crippen molar-refractivity contribution in [3.63, 3.8) is 0 Å². The maximum Gasteiger partial charge on any atom is 0.251 e. The Kier molecular flexibility index (Phi) is 7.11. The molecule has 0 bridgehead atoms. The van der Waals surface area contributed by atoms with E-state index in [-0.39, 0.29) is 17.0 Å². The molecule has 154 valence electrons. The van der Waals surface area contributed by atoms with Gasteiger partial charge in [0.2, 0.25) is 0 Å². The third-order valence-corrected chi connectivity index (χ3v) is 5.56. The molecule has 0 unspecified atom stereocenters. The van der Waals surface area contributed by atoms with Crippen molar-refractivity contribution >= 4 is 40.1 Å². The number of carbonyl (C=O) groups is 1. The molecule has 3 rings (SSSR count). The van der Waals surface area contributed by atoms with Crippen LogP contribution < -0.4 is 5.32 Å². The normalized spacial score (nSPS) is 11.4. The molecule has 0 fully saturated rings. The van der Waals surface area contributed by atoms with E-state index in [1.807, 2.05) is 0 Å². The molecular formula is C21H23Cl2FN4O. The van der Waals surface area contributed by atoms with Gasteiger partial charge < -0.3 is 15.2 Å². The van der Waals surface area contributed by atoms with Gasteiger partial charge in [0.15, 0.2) is 0 Å². The maximum absolute atomic E-state index is 14.7. The zero-order valence-corrected chi connectivity index (χ0v) is 17.9. The summed E-state index contributed by atoms with van der Waals surface area (Å²) in [7, 11) is 0. The number of halogens is 3. The average molecular weight is 437 g/mol. The van der Waals surface area contributed by atoms with Gasteiger partial charge in [-0.3, -0.25) is 4.79 Å². The van der Waals surface area contributed by atoms with Crippen molar-refractivity contribution in [3.05, 3.63) is 51.8 Å². The number of nitrogens with one attached hydrogen (secondary N) is 2. The van der Waals surface area contributed by atoms with E-state index < -0.39 is 5.82 Å². The summed E-state index contributed by atoms with van der Waals surface area (Å²) in [6.45, 7) is 7.65. The number of benzene rings is 2. The predicted molar refractivity (Wildman–Crippen MR) is 116 cm³/mol. The summed E-state index contributed by atoms with van der Waals surface area (Å²) in [5, 5.41) is 3.61. The van der Waals surface area contributed by atoms with Crippen molar-refractivity contribution < 1.29 is 9.18 Å². The van der Waals surface area contributed by atoms with Gasteiger partial charge in [-0.15, -0.1) is 0 Å². The topological polar surface area (TPSA) is 61.0 Å². The predicted octanol–water partition coefficient (Wildman–Crippen LogP) is 5.14. The van der Waals surface area contributed by atoms with Crippen LogP contribution in [-0.2, 0) is 0 Å². The standard InChI is InChI=1S/C21H23Cl2FN4O/c1-3-28(4-2)9-5-8-25-21(29)13-6-7-14(17(24)10-13)20-26-18-11-15(22)16(23)12-19(18)27-20/h6-7,10-12H,3-5,8-9H2,1-2H3,(H,25,29)(H,26,27). The first-order valence-electron chi connectivity index (χ1n) is 9.58. The van der Waals surface area contributed by atoms with Crippen molar-refractivity contribution in [1.29, 1.82) is 0 Å². The Balaban J connectivity index is 1.69. The zero-order valence-electron chi connectivity index (χ0n) is 16.4. The molecule has 0 radical (unpaired) electrons. The number of imidazole rings is 1. The Hall–Kier alpha value is -2.15. The number of carbonyl (C=O) groups excluding carboxylic acids is 1. The molecule has 1 aromatic heterocycles. The number of amides is 1. The van der Waals surface area contributed by atoms with Crippen molar-refractivity contribution in [2.45, 2.75) is 20.3 Å². The lowest BCUT2D eigenvalue weighted by Gasteiger charge is -2.17. The number of H-pyrrole nitrogens is 1. The summed E-state index contributed by atoms with van der Waals surface area (Å²) < 4.78 is 14.7. The lowest BCUT2D eigenvalue weighted by Crippen LogP contribution is -2.29. The van der Waals surface area contributed by atoms with Gasteiger partial charge in [-0.2, -0.15) is 0 Å². The SMILES string of the molecule is CCN(CC)CCCNC(=O)c1ccc(-c2nc3cc(Cl)c(Cl)cc3[nH]2)c(F)c1. The Morgan fingerprint density at radius 3 is 2.59 bits per heavy atom. The molecule has 5 nitrogen and oxygen atoms in total. The first-order valence-corrected chi connectivity index (χ1v) is 10.3. The van der Waals surface area contributed by atoms with Gasteiger partial charge in [0, 0.05) is 12.1 Å². The Labute approximate surface area is 179 Å². The first kappa shape index (κ1) is 21.6. The Morgan fingerprint density at radius 2 is 1.90 bits per heavy atom. The largest absolute Gasteiger partial charge is 0.352 e. The van der Waals surface area contributed by atoms with Crippen LogP contribution in [0.2, 0.25) is 10.0 Å².